The summed E-state index contributed by atoms with van der Waals surface area (Å²) in [5, 5.41) is 23.4. The van der Waals surface area contributed by atoms with E-state index in [1.165, 1.54) is 143 Å². The zero-order valence-electron chi connectivity index (χ0n) is 44.2. The van der Waals surface area contributed by atoms with Crippen LogP contribution in [0.5, 0.6) is 0 Å². The molecule has 2 aliphatic carbocycles. The molecule has 10 rings (SSSR count). The van der Waals surface area contributed by atoms with E-state index in [1.54, 1.807) is 0 Å². The number of hydrogen-bond acceptors (Lipinski definition) is 2. The van der Waals surface area contributed by atoms with Crippen LogP contribution in [-0.2, 0) is 34.5 Å². The smallest absolute Gasteiger partial charge is 0.300 e. The quantitative estimate of drug-likeness (QED) is 0.129. The average molecular weight is 1070 g/mol. The minimum absolute atomic E-state index is 0. The van der Waals surface area contributed by atoms with E-state index >= 15 is 0 Å². The van der Waals surface area contributed by atoms with Crippen molar-refractivity contribution in [3.05, 3.63) is 222 Å². The fourth-order valence-corrected chi connectivity index (χ4v) is 16.8. The van der Waals surface area contributed by atoms with E-state index in [0.29, 0.717) is 0 Å². The Bertz CT molecular complexity index is 3010. The second kappa shape index (κ2) is 21.3. The molecule has 0 radical (unpaired) electrons. The molecule has 8 aromatic carbocycles. The summed E-state index contributed by atoms with van der Waals surface area (Å²) in [5.74, 6) is -1.67. The second-order valence-corrected chi connectivity index (χ2v) is 24.1. The molecule has 0 aliphatic heterocycles. The van der Waals surface area contributed by atoms with E-state index in [9.17, 15) is 0 Å². The van der Waals surface area contributed by atoms with E-state index in [-0.39, 0.29) is 19.5 Å². The maximum atomic E-state index is 9.00. The van der Waals surface area contributed by atoms with Gasteiger partial charge in [0.2, 0.25) is 0 Å². The average Bonchev–Trinajstić information content (AvgIpc) is 3.79. The minimum Gasteiger partial charge on any atom is -0.481 e. The third kappa shape index (κ3) is 9.51. The molecule has 0 bridgehead atoms. The number of aliphatic carboxylic acids is 2. The monoisotopic (exact) mass is 1070 g/mol. The van der Waals surface area contributed by atoms with Gasteiger partial charge in [-0.25, -0.2) is 0 Å². The molecule has 0 amide bonds. The van der Waals surface area contributed by atoms with Crippen molar-refractivity contribution in [1.29, 1.82) is 0 Å². The maximum absolute atomic E-state index is 9.00. The van der Waals surface area contributed by atoms with Crippen LogP contribution in [0.2, 0.25) is 0 Å². The molecule has 0 atom stereocenters. The first-order valence-electron chi connectivity index (χ1n) is 24.5. The zero-order valence-corrected chi connectivity index (χ0v) is 47.7. The molecule has 0 heterocycles. The molecular formula is C65H66O4P2Ru. The molecular weight excluding hydrogens is 1010 g/mol. The number of benzene rings is 8. The van der Waals surface area contributed by atoms with Crippen molar-refractivity contribution in [2.24, 2.45) is 0 Å². The van der Waals surface area contributed by atoms with E-state index in [4.69, 9.17) is 19.8 Å². The molecule has 0 aromatic heterocycles. The van der Waals surface area contributed by atoms with Gasteiger partial charge in [0.05, 0.1) is 5.41 Å². The van der Waals surface area contributed by atoms with Gasteiger partial charge in [0.1, 0.15) is 0 Å². The second-order valence-electron chi connectivity index (χ2n) is 19.8. The van der Waals surface area contributed by atoms with Crippen LogP contribution in [0.25, 0.3) is 22.3 Å². The van der Waals surface area contributed by atoms with E-state index in [2.05, 4.69) is 217 Å². The Hall–Kier alpha value is -5.82. The molecule has 368 valence electrons. The van der Waals surface area contributed by atoms with E-state index in [1.807, 2.05) is 0 Å². The van der Waals surface area contributed by atoms with Crippen LogP contribution in [0.15, 0.2) is 133 Å². The number of aryl methyl sites for hydroxylation is 8. The molecule has 0 saturated carbocycles. The molecule has 4 nitrogen and oxygen atoms in total. The maximum Gasteiger partial charge on any atom is 0.300 e. The Morgan fingerprint density at radius 3 is 0.833 bits per heavy atom. The summed E-state index contributed by atoms with van der Waals surface area (Å²) >= 11 is 0. The van der Waals surface area contributed by atoms with E-state index < -0.39 is 33.2 Å². The van der Waals surface area contributed by atoms with Gasteiger partial charge in [0.15, 0.2) is 0 Å². The van der Waals surface area contributed by atoms with Crippen LogP contribution in [0, 0.1) is 83.1 Å². The SMILES string of the molecule is CC(=O)O.CC(=O)O.Cc1cc(P(c2cc(C)c(C)c(C)c2)c2cccc3c2C2(c4ccccc4-3)c3ccccc3-c3cccc(P(c4cc(C)c(C)c(C)c4)c4cc(C)c(C)c(C)c4)c32)cc(C)c1C.[Ru]. The van der Waals surface area contributed by atoms with Gasteiger partial charge in [-0.05, 0) is 242 Å². The van der Waals surface area contributed by atoms with Crippen molar-refractivity contribution in [3.8, 4) is 22.3 Å². The van der Waals surface area contributed by atoms with Crippen LogP contribution < -0.4 is 31.8 Å². The Kier molecular flexibility index (Phi) is 16.0. The van der Waals surface area contributed by atoms with Gasteiger partial charge in [0, 0.05) is 33.3 Å². The predicted octanol–water partition coefficient (Wildman–Crippen LogP) is 13.4. The number of carboxylic acid groups (broad SMARTS) is 2. The first kappa shape index (κ1) is 54.0. The summed E-state index contributed by atoms with van der Waals surface area (Å²) in [6.45, 7) is 29.7. The van der Waals surface area contributed by atoms with Crippen LogP contribution in [0.4, 0.5) is 0 Å². The number of hydrogen-bond donors (Lipinski definition) is 2. The van der Waals surface area contributed by atoms with Crippen molar-refractivity contribution in [2.75, 3.05) is 0 Å². The summed E-state index contributed by atoms with van der Waals surface area (Å²) in [4.78, 5) is 18.0. The molecule has 2 N–H and O–H groups in total. The Morgan fingerprint density at radius 2 is 0.583 bits per heavy atom. The van der Waals surface area contributed by atoms with Gasteiger partial charge in [-0.1, -0.05) is 133 Å². The normalized spacial score (nSPS) is 12.2. The van der Waals surface area contributed by atoms with Crippen molar-refractivity contribution in [2.45, 2.75) is 102 Å². The third-order valence-corrected chi connectivity index (χ3v) is 20.0. The third-order valence-electron chi connectivity index (χ3n) is 15.2. The van der Waals surface area contributed by atoms with Crippen molar-refractivity contribution >= 4 is 59.6 Å². The van der Waals surface area contributed by atoms with Gasteiger partial charge < -0.3 is 10.2 Å². The number of carbonyl (C=O) groups is 2. The van der Waals surface area contributed by atoms with Crippen LogP contribution in [0.3, 0.4) is 0 Å². The predicted molar refractivity (Wildman–Crippen MR) is 304 cm³/mol. The first-order valence-corrected chi connectivity index (χ1v) is 27.1. The number of rotatable bonds is 6. The zero-order chi connectivity index (χ0) is 51.4. The van der Waals surface area contributed by atoms with Crippen molar-refractivity contribution in [1.82, 2.24) is 0 Å². The molecule has 8 aromatic rings. The van der Waals surface area contributed by atoms with Gasteiger partial charge in [-0.3, -0.25) is 9.59 Å². The fraction of sp³-hybridized carbons (Fsp3) is 0.231. The van der Waals surface area contributed by atoms with Crippen LogP contribution in [0.1, 0.15) is 103 Å². The molecule has 2 aliphatic rings. The van der Waals surface area contributed by atoms with Gasteiger partial charge >= 0.3 is 0 Å². The van der Waals surface area contributed by atoms with Crippen molar-refractivity contribution in [3.63, 3.8) is 0 Å². The molecule has 0 fully saturated rings. The fourth-order valence-electron chi connectivity index (χ4n) is 11.0. The largest absolute Gasteiger partial charge is 0.481 e. The van der Waals surface area contributed by atoms with Crippen LogP contribution in [-0.4, -0.2) is 22.2 Å². The van der Waals surface area contributed by atoms with E-state index in [0.717, 1.165) is 13.8 Å². The number of carboxylic acids is 2. The number of fused-ring (bicyclic) bond motifs is 10. The molecule has 72 heavy (non-hydrogen) atoms. The van der Waals surface area contributed by atoms with Gasteiger partial charge in [-0.2, -0.15) is 0 Å². The standard InChI is InChI=1S/C61H58P2.2C2H4O2.Ru/c1-35-27-47(28-36(2)43(35)9)62(48-29-37(3)44(10)38(4)30-48)57-25-17-21-53-51-19-13-15-23-55(51)61(59(53)57)56-24-16-14-20-52(56)54-22-18-26-58(60(54)61)63(49-31-39(5)45(11)40(6)32-49)50-33-41(7)46(12)42(8)34-50;2*1-2(3)4;/h13-34H,1-12H3;2*1H3,(H,3,4);. The van der Waals surface area contributed by atoms with Gasteiger partial charge in [-0.15, -0.1) is 0 Å². The summed E-state index contributed by atoms with van der Waals surface area (Å²) in [6, 6.07) is 53.5. The Labute approximate surface area is 443 Å². The van der Waals surface area contributed by atoms with Crippen molar-refractivity contribution < 1.29 is 39.3 Å². The topological polar surface area (TPSA) is 74.6 Å². The van der Waals surface area contributed by atoms with Crippen LogP contribution >= 0.6 is 15.8 Å². The first-order chi connectivity index (χ1) is 33.7. The molecule has 0 saturated heterocycles. The summed E-state index contributed by atoms with van der Waals surface area (Å²) in [6.07, 6.45) is 0. The molecule has 1 spiro atoms. The summed E-state index contributed by atoms with van der Waals surface area (Å²) in [5.41, 5.74) is 27.0. The molecule has 0 unspecified atom stereocenters. The van der Waals surface area contributed by atoms with Gasteiger partial charge in [0.25, 0.3) is 11.9 Å². The minimum atomic E-state index is -0.994. The Morgan fingerprint density at radius 1 is 0.361 bits per heavy atom. The Balaban J connectivity index is 0.000000789. The molecule has 7 heteroatoms. The summed E-state index contributed by atoms with van der Waals surface area (Å²) < 4.78 is 0. The summed E-state index contributed by atoms with van der Waals surface area (Å²) in [7, 11) is -1.99.